The maximum absolute atomic E-state index is 12.0. The second-order valence-corrected chi connectivity index (χ2v) is 6.30. The lowest BCUT2D eigenvalue weighted by molar-refractivity contribution is -0.173. The maximum Gasteiger partial charge on any atom is 0.411 e. The van der Waals surface area contributed by atoms with E-state index < -0.39 is 12.8 Å². The lowest BCUT2D eigenvalue weighted by Crippen LogP contribution is -2.43. The highest BCUT2D eigenvalue weighted by atomic mass is 19.4. The van der Waals surface area contributed by atoms with Gasteiger partial charge < -0.3 is 15.4 Å². The van der Waals surface area contributed by atoms with E-state index in [9.17, 15) is 13.2 Å². The lowest BCUT2D eigenvalue weighted by atomic mass is 10.1. The van der Waals surface area contributed by atoms with E-state index in [1.807, 2.05) is 32.5 Å². The van der Waals surface area contributed by atoms with Crippen molar-refractivity contribution in [2.24, 2.45) is 12.0 Å². The van der Waals surface area contributed by atoms with E-state index in [1.54, 1.807) is 0 Å². The first-order valence-electron chi connectivity index (χ1n) is 8.82. The van der Waals surface area contributed by atoms with Gasteiger partial charge in [0.25, 0.3) is 0 Å². The Bertz CT molecular complexity index is 584. The number of nitrogens with zero attached hydrogens (tertiary/aromatic N) is 3. The van der Waals surface area contributed by atoms with Crippen molar-refractivity contribution < 1.29 is 17.9 Å². The zero-order valence-electron chi connectivity index (χ0n) is 16.2. The Kier molecular flexibility index (Phi) is 8.91. The molecule has 1 atom stereocenters. The van der Waals surface area contributed by atoms with Gasteiger partial charge in [-0.3, -0.25) is 9.67 Å². The molecular formula is C17H30F3N5O. The summed E-state index contributed by atoms with van der Waals surface area (Å²) in [5, 5.41) is 10.9. The highest BCUT2D eigenvalue weighted by Crippen LogP contribution is 2.15. The van der Waals surface area contributed by atoms with Crippen molar-refractivity contribution in [1.82, 2.24) is 20.4 Å². The number of aliphatic imine (C=N–C) groups is 1. The van der Waals surface area contributed by atoms with Crippen LogP contribution in [0.1, 0.15) is 37.2 Å². The Morgan fingerprint density at radius 3 is 2.58 bits per heavy atom. The van der Waals surface area contributed by atoms with Gasteiger partial charge in [-0.1, -0.05) is 0 Å². The van der Waals surface area contributed by atoms with Crippen LogP contribution in [0.3, 0.4) is 0 Å². The van der Waals surface area contributed by atoms with Crippen molar-refractivity contribution in [2.45, 2.75) is 52.8 Å². The van der Waals surface area contributed by atoms with Crippen molar-refractivity contribution in [2.75, 3.05) is 26.3 Å². The molecule has 150 valence electrons. The predicted molar refractivity (Wildman–Crippen MR) is 96.5 cm³/mol. The Morgan fingerprint density at radius 2 is 2.04 bits per heavy atom. The third-order valence-electron chi connectivity index (χ3n) is 3.88. The van der Waals surface area contributed by atoms with Crippen molar-refractivity contribution in [3.8, 4) is 0 Å². The number of nitrogens with one attached hydrogen (secondary N) is 2. The van der Waals surface area contributed by atoms with Crippen LogP contribution in [0.2, 0.25) is 0 Å². The van der Waals surface area contributed by atoms with Crippen molar-refractivity contribution in [3.63, 3.8) is 0 Å². The molecular weight excluding hydrogens is 347 g/mol. The molecule has 26 heavy (non-hydrogen) atoms. The van der Waals surface area contributed by atoms with E-state index in [2.05, 4.69) is 32.4 Å². The number of aromatic nitrogens is 2. The minimum atomic E-state index is -4.28. The maximum atomic E-state index is 12.0. The van der Waals surface area contributed by atoms with E-state index >= 15 is 0 Å². The molecule has 0 radical (unpaired) electrons. The molecule has 0 saturated heterocycles. The molecule has 6 nitrogen and oxygen atoms in total. The number of rotatable bonds is 9. The smallest absolute Gasteiger partial charge is 0.372 e. The number of halogens is 3. The molecule has 1 heterocycles. The molecule has 0 aliphatic heterocycles. The molecule has 1 unspecified atom stereocenters. The summed E-state index contributed by atoms with van der Waals surface area (Å²) >= 11 is 0. The van der Waals surface area contributed by atoms with E-state index in [0.717, 1.165) is 17.8 Å². The van der Waals surface area contributed by atoms with Crippen LogP contribution in [0.25, 0.3) is 0 Å². The molecule has 2 N–H and O–H groups in total. The molecule has 1 aromatic rings. The summed E-state index contributed by atoms with van der Waals surface area (Å²) in [5.74, 6) is 0.648. The third-order valence-corrected chi connectivity index (χ3v) is 3.88. The number of hydrogen-bond donors (Lipinski definition) is 2. The largest absolute Gasteiger partial charge is 0.411 e. The van der Waals surface area contributed by atoms with E-state index in [0.29, 0.717) is 25.5 Å². The van der Waals surface area contributed by atoms with Gasteiger partial charge in [0.1, 0.15) is 6.61 Å². The number of guanidine groups is 1. The Morgan fingerprint density at radius 1 is 1.35 bits per heavy atom. The monoisotopic (exact) mass is 377 g/mol. The molecule has 0 aliphatic rings. The Hall–Kier alpha value is -1.77. The van der Waals surface area contributed by atoms with Crippen molar-refractivity contribution >= 4 is 5.96 Å². The number of alkyl halides is 3. The normalized spacial score (nSPS) is 13.8. The summed E-state index contributed by atoms with van der Waals surface area (Å²) in [6, 6.07) is 0.135. The highest BCUT2D eigenvalue weighted by molar-refractivity contribution is 5.80. The van der Waals surface area contributed by atoms with Gasteiger partial charge in [-0.15, -0.1) is 0 Å². The van der Waals surface area contributed by atoms with Gasteiger partial charge in [0.15, 0.2) is 5.96 Å². The molecule has 0 saturated carbocycles. The molecule has 1 rings (SSSR count). The highest BCUT2D eigenvalue weighted by Gasteiger charge is 2.27. The number of aryl methyl sites for hydroxylation is 2. The van der Waals surface area contributed by atoms with Crippen LogP contribution in [0, 0.1) is 13.8 Å². The van der Waals surface area contributed by atoms with E-state index in [1.165, 1.54) is 5.56 Å². The number of ether oxygens (including phenoxy) is 1. The standard InChI is InChI=1S/C17H30F3N5O/c1-6-21-16(22-8-7-9-26-11-17(18,19)20)23-12(2)10-15-13(3)24-25(5)14(15)4/h12H,6-11H2,1-5H3,(H2,21,22,23). The van der Waals surface area contributed by atoms with Gasteiger partial charge in [-0.05, 0) is 46.1 Å². The van der Waals surface area contributed by atoms with E-state index in [4.69, 9.17) is 0 Å². The van der Waals surface area contributed by atoms with Crippen LogP contribution in [-0.4, -0.2) is 54.3 Å². The topological polar surface area (TPSA) is 63.5 Å². The Balaban J connectivity index is 2.47. The summed E-state index contributed by atoms with van der Waals surface area (Å²) < 4.78 is 42.4. The predicted octanol–water partition coefficient (Wildman–Crippen LogP) is 2.49. The SMILES string of the molecule is CCNC(=NCCCOCC(F)(F)F)NC(C)Cc1c(C)nn(C)c1C. The quantitative estimate of drug-likeness (QED) is 0.394. The summed E-state index contributed by atoms with van der Waals surface area (Å²) in [6.07, 6.45) is -3.04. The van der Waals surface area contributed by atoms with Crippen LogP contribution in [-0.2, 0) is 18.2 Å². The van der Waals surface area contributed by atoms with Gasteiger partial charge >= 0.3 is 6.18 Å². The summed E-state index contributed by atoms with van der Waals surface area (Å²) in [6.45, 7) is 7.98. The fourth-order valence-electron chi connectivity index (χ4n) is 2.57. The van der Waals surface area contributed by atoms with Gasteiger partial charge in [-0.25, -0.2) is 0 Å². The molecule has 0 fully saturated rings. The van der Waals surface area contributed by atoms with Crippen molar-refractivity contribution in [3.05, 3.63) is 17.0 Å². The lowest BCUT2D eigenvalue weighted by Gasteiger charge is -2.18. The van der Waals surface area contributed by atoms with Crippen LogP contribution in [0.15, 0.2) is 4.99 Å². The van der Waals surface area contributed by atoms with E-state index in [-0.39, 0.29) is 12.6 Å². The second kappa shape index (κ2) is 10.4. The first-order chi connectivity index (χ1) is 12.1. The first kappa shape index (κ1) is 22.3. The molecule has 9 heteroatoms. The van der Waals surface area contributed by atoms with Gasteiger partial charge in [0.2, 0.25) is 0 Å². The summed E-state index contributed by atoms with van der Waals surface area (Å²) in [5.41, 5.74) is 3.37. The zero-order valence-corrected chi connectivity index (χ0v) is 16.2. The molecule has 0 aromatic carbocycles. The zero-order chi connectivity index (χ0) is 19.7. The van der Waals surface area contributed by atoms with Crippen LogP contribution in [0.4, 0.5) is 13.2 Å². The first-order valence-corrected chi connectivity index (χ1v) is 8.82. The van der Waals surface area contributed by atoms with Gasteiger partial charge in [-0.2, -0.15) is 18.3 Å². The minimum Gasteiger partial charge on any atom is -0.372 e. The summed E-state index contributed by atoms with van der Waals surface area (Å²) in [7, 11) is 1.93. The molecule has 1 aromatic heterocycles. The second-order valence-electron chi connectivity index (χ2n) is 6.30. The van der Waals surface area contributed by atoms with Crippen molar-refractivity contribution in [1.29, 1.82) is 0 Å². The van der Waals surface area contributed by atoms with Crippen LogP contribution < -0.4 is 10.6 Å². The van der Waals surface area contributed by atoms with Crippen LogP contribution in [0.5, 0.6) is 0 Å². The van der Waals surface area contributed by atoms with Gasteiger partial charge in [0, 0.05) is 38.5 Å². The minimum absolute atomic E-state index is 0.0338. The molecule has 0 bridgehead atoms. The van der Waals surface area contributed by atoms with Crippen LogP contribution >= 0.6 is 0 Å². The summed E-state index contributed by atoms with van der Waals surface area (Å²) in [4.78, 5) is 4.39. The molecule has 0 aliphatic carbocycles. The Labute approximate surface area is 153 Å². The average molecular weight is 377 g/mol. The third kappa shape index (κ3) is 8.07. The number of hydrogen-bond acceptors (Lipinski definition) is 3. The fourth-order valence-corrected chi connectivity index (χ4v) is 2.57. The van der Waals surface area contributed by atoms with Gasteiger partial charge in [0.05, 0.1) is 5.69 Å². The fraction of sp³-hybridized carbons (Fsp3) is 0.765. The average Bonchev–Trinajstić information content (AvgIpc) is 2.76. The molecule has 0 spiro atoms. The molecule has 0 amide bonds.